The summed E-state index contributed by atoms with van der Waals surface area (Å²) in [6.07, 6.45) is 5.33. The average Bonchev–Trinajstić information content (AvgIpc) is 3.09. The van der Waals surface area contributed by atoms with Gasteiger partial charge in [0.2, 0.25) is 5.95 Å². The van der Waals surface area contributed by atoms with Crippen LogP contribution in [0.25, 0.3) is 10.2 Å². The van der Waals surface area contributed by atoms with Gasteiger partial charge in [-0.05, 0) is 37.1 Å². The molecule has 19 heavy (non-hydrogen) atoms. The molecule has 0 radical (unpaired) electrons. The molecule has 1 aliphatic rings. The number of nitrogens with one attached hydrogen (secondary N) is 2. The molecule has 3 rings (SSSR count). The molecule has 0 aliphatic heterocycles. The molecule has 1 unspecified atom stereocenters. The standard InChI is InChI=1S/C13H19N5S/c1-8(9-4-2-3-5-9)15-11-10-6-7-19-12(10)17-13(16-11)18-14/h6-9H,2-5,14H2,1H3,(H2,15,16,17,18). The zero-order valence-corrected chi connectivity index (χ0v) is 11.8. The quantitative estimate of drug-likeness (QED) is 0.591. The van der Waals surface area contributed by atoms with E-state index in [-0.39, 0.29) is 0 Å². The van der Waals surface area contributed by atoms with Crippen molar-refractivity contribution in [3.63, 3.8) is 0 Å². The van der Waals surface area contributed by atoms with Gasteiger partial charge in [-0.3, -0.25) is 5.43 Å². The van der Waals surface area contributed by atoms with Crippen molar-refractivity contribution < 1.29 is 0 Å². The van der Waals surface area contributed by atoms with Gasteiger partial charge in [0.25, 0.3) is 0 Å². The summed E-state index contributed by atoms with van der Waals surface area (Å²) >= 11 is 1.60. The SMILES string of the molecule is CC(Nc1nc(NN)nc2sccc12)C1CCCC1. The Kier molecular flexibility index (Phi) is 3.52. The third-order valence-corrected chi connectivity index (χ3v) is 4.73. The first kappa shape index (κ1) is 12.6. The Morgan fingerprint density at radius 1 is 1.37 bits per heavy atom. The number of hydrogen-bond donors (Lipinski definition) is 3. The molecule has 0 saturated heterocycles. The fraction of sp³-hybridized carbons (Fsp3) is 0.538. The van der Waals surface area contributed by atoms with Crippen molar-refractivity contribution in [2.24, 2.45) is 11.8 Å². The fourth-order valence-electron chi connectivity index (χ4n) is 2.82. The van der Waals surface area contributed by atoms with Crippen LogP contribution in [0.2, 0.25) is 0 Å². The van der Waals surface area contributed by atoms with Crippen LogP contribution in [0.4, 0.5) is 11.8 Å². The van der Waals surface area contributed by atoms with Crippen LogP contribution in [0.1, 0.15) is 32.6 Å². The van der Waals surface area contributed by atoms with Gasteiger partial charge in [-0.1, -0.05) is 12.8 Å². The maximum absolute atomic E-state index is 5.43. The number of nitrogen functional groups attached to an aromatic ring is 1. The highest BCUT2D eigenvalue weighted by Crippen LogP contribution is 2.31. The maximum Gasteiger partial charge on any atom is 0.240 e. The Morgan fingerprint density at radius 3 is 2.89 bits per heavy atom. The van der Waals surface area contributed by atoms with Crippen LogP contribution in [0.15, 0.2) is 11.4 Å². The van der Waals surface area contributed by atoms with Crippen molar-refractivity contribution in [2.45, 2.75) is 38.6 Å². The van der Waals surface area contributed by atoms with E-state index in [4.69, 9.17) is 5.84 Å². The molecule has 1 atom stereocenters. The van der Waals surface area contributed by atoms with Gasteiger partial charge in [0.15, 0.2) is 0 Å². The lowest BCUT2D eigenvalue weighted by Crippen LogP contribution is -2.25. The highest BCUT2D eigenvalue weighted by Gasteiger charge is 2.22. The van der Waals surface area contributed by atoms with E-state index in [1.165, 1.54) is 25.7 Å². The van der Waals surface area contributed by atoms with Gasteiger partial charge in [-0.15, -0.1) is 11.3 Å². The summed E-state index contributed by atoms with van der Waals surface area (Å²) in [5.74, 6) is 7.54. The van der Waals surface area contributed by atoms with E-state index >= 15 is 0 Å². The van der Waals surface area contributed by atoms with Gasteiger partial charge >= 0.3 is 0 Å². The minimum Gasteiger partial charge on any atom is -0.367 e. The molecule has 1 aliphatic carbocycles. The van der Waals surface area contributed by atoms with Crippen LogP contribution in [-0.4, -0.2) is 16.0 Å². The fourth-order valence-corrected chi connectivity index (χ4v) is 3.58. The van der Waals surface area contributed by atoms with Crippen LogP contribution in [0, 0.1) is 5.92 Å². The first-order valence-corrected chi connectivity index (χ1v) is 7.64. The van der Waals surface area contributed by atoms with E-state index in [0.29, 0.717) is 12.0 Å². The highest BCUT2D eigenvalue weighted by atomic mass is 32.1. The third kappa shape index (κ3) is 2.50. The van der Waals surface area contributed by atoms with E-state index < -0.39 is 0 Å². The second kappa shape index (κ2) is 5.30. The molecule has 0 spiro atoms. The second-order valence-corrected chi connectivity index (χ2v) is 6.05. The smallest absolute Gasteiger partial charge is 0.240 e. The largest absolute Gasteiger partial charge is 0.367 e. The maximum atomic E-state index is 5.43. The van der Waals surface area contributed by atoms with Crippen molar-refractivity contribution in [1.29, 1.82) is 0 Å². The minimum atomic E-state index is 0.436. The molecule has 2 aromatic rings. The number of hydrazine groups is 1. The van der Waals surface area contributed by atoms with Crippen molar-refractivity contribution in [2.75, 3.05) is 10.7 Å². The number of nitrogens with two attached hydrogens (primary N) is 1. The zero-order valence-electron chi connectivity index (χ0n) is 11.0. The number of anilines is 2. The van der Waals surface area contributed by atoms with Gasteiger partial charge in [0, 0.05) is 6.04 Å². The Balaban J connectivity index is 1.88. The summed E-state index contributed by atoms with van der Waals surface area (Å²) in [6.45, 7) is 2.24. The molecule has 0 bridgehead atoms. The Morgan fingerprint density at radius 2 is 2.16 bits per heavy atom. The number of hydrogen-bond acceptors (Lipinski definition) is 6. The Labute approximate surface area is 116 Å². The van der Waals surface area contributed by atoms with E-state index in [1.54, 1.807) is 11.3 Å². The molecular weight excluding hydrogens is 258 g/mol. The van der Waals surface area contributed by atoms with Gasteiger partial charge in [-0.2, -0.15) is 4.98 Å². The molecule has 102 valence electrons. The summed E-state index contributed by atoms with van der Waals surface area (Å²) in [6, 6.07) is 2.50. The predicted molar refractivity (Wildman–Crippen MR) is 80.3 cm³/mol. The summed E-state index contributed by atoms with van der Waals surface area (Å²) in [5.41, 5.74) is 2.54. The monoisotopic (exact) mass is 277 g/mol. The molecule has 6 heteroatoms. The van der Waals surface area contributed by atoms with Crippen LogP contribution in [0.5, 0.6) is 0 Å². The molecule has 1 fully saturated rings. The zero-order chi connectivity index (χ0) is 13.2. The molecule has 2 aromatic heterocycles. The van der Waals surface area contributed by atoms with E-state index in [2.05, 4.69) is 33.7 Å². The molecule has 4 N–H and O–H groups in total. The summed E-state index contributed by atoms with van der Waals surface area (Å²) < 4.78 is 0. The van der Waals surface area contributed by atoms with Crippen molar-refractivity contribution in [3.05, 3.63) is 11.4 Å². The summed E-state index contributed by atoms with van der Waals surface area (Å²) in [7, 11) is 0. The number of thiophene rings is 1. The summed E-state index contributed by atoms with van der Waals surface area (Å²) in [5, 5.41) is 6.66. The Hall–Kier alpha value is -1.40. The van der Waals surface area contributed by atoms with Gasteiger partial charge < -0.3 is 5.32 Å². The van der Waals surface area contributed by atoms with E-state index in [9.17, 15) is 0 Å². The molecule has 1 saturated carbocycles. The van der Waals surface area contributed by atoms with Gasteiger partial charge in [0.05, 0.1) is 5.39 Å². The van der Waals surface area contributed by atoms with Gasteiger partial charge in [0.1, 0.15) is 10.6 Å². The van der Waals surface area contributed by atoms with E-state index in [1.807, 2.05) is 5.38 Å². The lowest BCUT2D eigenvalue weighted by molar-refractivity contribution is 0.481. The molecule has 0 aromatic carbocycles. The normalized spacial score (nSPS) is 17.8. The molecule has 2 heterocycles. The topological polar surface area (TPSA) is 75.9 Å². The number of aromatic nitrogens is 2. The number of nitrogens with zero attached hydrogens (tertiary/aromatic N) is 2. The van der Waals surface area contributed by atoms with E-state index in [0.717, 1.165) is 22.0 Å². The Bertz CT molecular complexity index is 561. The number of fused-ring (bicyclic) bond motifs is 1. The molecule has 5 nitrogen and oxygen atoms in total. The first-order valence-electron chi connectivity index (χ1n) is 6.76. The lowest BCUT2D eigenvalue weighted by atomic mass is 10.00. The number of rotatable bonds is 4. The van der Waals surface area contributed by atoms with Crippen molar-refractivity contribution in [3.8, 4) is 0 Å². The average molecular weight is 277 g/mol. The van der Waals surface area contributed by atoms with Crippen LogP contribution in [-0.2, 0) is 0 Å². The summed E-state index contributed by atoms with van der Waals surface area (Å²) in [4.78, 5) is 9.76. The molecular formula is C13H19N5S. The highest BCUT2D eigenvalue weighted by molar-refractivity contribution is 7.16. The minimum absolute atomic E-state index is 0.436. The van der Waals surface area contributed by atoms with Gasteiger partial charge in [-0.25, -0.2) is 10.8 Å². The predicted octanol–water partition coefficient (Wildman–Crippen LogP) is 2.97. The van der Waals surface area contributed by atoms with Crippen LogP contribution in [0.3, 0.4) is 0 Å². The first-order chi connectivity index (χ1) is 9.28. The lowest BCUT2D eigenvalue weighted by Gasteiger charge is -2.21. The van der Waals surface area contributed by atoms with Crippen molar-refractivity contribution >= 4 is 33.3 Å². The van der Waals surface area contributed by atoms with Crippen LogP contribution >= 0.6 is 11.3 Å². The third-order valence-electron chi connectivity index (χ3n) is 3.93. The molecule has 0 amide bonds. The second-order valence-electron chi connectivity index (χ2n) is 5.16. The van der Waals surface area contributed by atoms with Crippen molar-refractivity contribution in [1.82, 2.24) is 9.97 Å². The van der Waals surface area contributed by atoms with Crippen LogP contribution < -0.4 is 16.6 Å².